The van der Waals surface area contributed by atoms with Gasteiger partial charge in [0, 0.05) is 20.2 Å². The molecule has 0 radical (unpaired) electrons. The zero-order valence-electron chi connectivity index (χ0n) is 30.0. The van der Waals surface area contributed by atoms with Crippen LogP contribution in [0.15, 0.2) is 206 Å². The van der Waals surface area contributed by atoms with Crippen LogP contribution in [0.4, 0.5) is 0 Å². The minimum Gasteiger partial charge on any atom is -0.135 e. The van der Waals surface area contributed by atoms with Gasteiger partial charge in [-0.1, -0.05) is 176 Å². The predicted molar refractivity (Wildman–Crippen MR) is 239 cm³/mol. The summed E-state index contributed by atoms with van der Waals surface area (Å²) in [5, 5.41) is 10.2. The van der Waals surface area contributed by atoms with Crippen molar-refractivity contribution in [3.8, 4) is 55.6 Å². The number of hydrogen-bond donors (Lipinski definition) is 0. The van der Waals surface area contributed by atoms with E-state index in [2.05, 4.69) is 206 Å². The summed E-state index contributed by atoms with van der Waals surface area (Å²) in [6.45, 7) is 0. The molecule has 0 amide bonds. The van der Waals surface area contributed by atoms with Crippen molar-refractivity contribution in [3.63, 3.8) is 0 Å². The molecule has 0 saturated carbocycles. The van der Waals surface area contributed by atoms with Gasteiger partial charge in [-0.15, -0.1) is 11.3 Å². The Morgan fingerprint density at radius 1 is 0.236 bits per heavy atom. The largest absolute Gasteiger partial charge is 0.135 e. The molecule has 0 aliphatic heterocycles. The van der Waals surface area contributed by atoms with Gasteiger partial charge in [-0.2, -0.15) is 0 Å². The maximum Gasteiger partial charge on any atom is 0.0355 e. The molecular weight excluding hydrogens is 681 g/mol. The fourth-order valence-electron chi connectivity index (χ4n) is 8.78. The molecule has 11 rings (SSSR count). The van der Waals surface area contributed by atoms with Crippen LogP contribution in [0.2, 0.25) is 0 Å². The first-order valence-electron chi connectivity index (χ1n) is 18.9. The number of hydrogen-bond acceptors (Lipinski definition) is 1. The molecule has 0 aliphatic carbocycles. The smallest absolute Gasteiger partial charge is 0.0355 e. The molecule has 0 spiro atoms. The topological polar surface area (TPSA) is 0 Å². The summed E-state index contributed by atoms with van der Waals surface area (Å²) in [5.74, 6) is 0. The number of fused-ring (bicyclic) bond motifs is 6. The van der Waals surface area contributed by atoms with Gasteiger partial charge in [0.15, 0.2) is 0 Å². The van der Waals surface area contributed by atoms with E-state index >= 15 is 0 Å². The highest BCUT2D eigenvalue weighted by atomic mass is 32.1. The fraction of sp³-hybridized carbons (Fsp3) is 0. The van der Waals surface area contributed by atoms with Crippen LogP contribution < -0.4 is 0 Å². The Kier molecular flexibility index (Phi) is 7.46. The fourth-order valence-corrected chi connectivity index (χ4v) is 9.87. The summed E-state index contributed by atoms with van der Waals surface area (Å²) < 4.78 is 2.66. The standard InChI is InChI=1S/C54H34S/c1-2-15-36(16-3-1)52-42-21-5-4-14-35(42)28-30-43(52)39-18-13-20-41(33-39)54-47-25-8-6-23-45(47)53(46-24-7-9-26-48(46)54)40-19-12-17-37(32-40)38-29-31-51-49(34-38)44-22-10-11-27-50(44)55-51/h1-34H. The predicted octanol–water partition coefficient (Wildman–Crippen LogP) is 15.8. The molecule has 1 aromatic heterocycles. The molecule has 0 saturated heterocycles. The summed E-state index contributed by atoms with van der Waals surface area (Å²) in [7, 11) is 0. The maximum absolute atomic E-state index is 2.40. The van der Waals surface area contributed by atoms with E-state index in [1.807, 2.05) is 11.3 Å². The molecule has 0 bridgehead atoms. The molecule has 0 nitrogen and oxygen atoms in total. The first kappa shape index (κ1) is 31.7. The molecule has 10 aromatic carbocycles. The Bertz CT molecular complexity index is 3200. The van der Waals surface area contributed by atoms with Crippen LogP contribution in [0.25, 0.3) is 108 Å². The molecule has 1 heterocycles. The molecule has 0 fully saturated rings. The average molecular weight is 715 g/mol. The van der Waals surface area contributed by atoms with Gasteiger partial charge in [-0.3, -0.25) is 0 Å². The Morgan fingerprint density at radius 2 is 0.727 bits per heavy atom. The van der Waals surface area contributed by atoms with Crippen LogP contribution in [0.5, 0.6) is 0 Å². The van der Waals surface area contributed by atoms with Crippen LogP contribution in [0.3, 0.4) is 0 Å². The van der Waals surface area contributed by atoms with Crippen molar-refractivity contribution < 1.29 is 0 Å². The van der Waals surface area contributed by atoms with E-state index in [0.717, 1.165) is 0 Å². The first-order chi connectivity index (χ1) is 27.3. The van der Waals surface area contributed by atoms with Crippen LogP contribution in [0.1, 0.15) is 0 Å². The van der Waals surface area contributed by atoms with Crippen molar-refractivity contribution in [2.75, 3.05) is 0 Å². The van der Waals surface area contributed by atoms with Crippen LogP contribution in [-0.2, 0) is 0 Å². The molecule has 0 N–H and O–H groups in total. The van der Waals surface area contributed by atoms with Gasteiger partial charge in [-0.05, 0) is 118 Å². The highest BCUT2D eigenvalue weighted by Crippen LogP contribution is 2.46. The lowest BCUT2D eigenvalue weighted by atomic mass is 9.84. The Labute approximate surface area is 324 Å². The second kappa shape index (κ2) is 13.0. The summed E-state index contributed by atoms with van der Waals surface area (Å²) >= 11 is 1.87. The summed E-state index contributed by atoms with van der Waals surface area (Å²) in [6.07, 6.45) is 0. The Hall–Kier alpha value is -6.80. The maximum atomic E-state index is 2.40. The van der Waals surface area contributed by atoms with E-state index in [1.54, 1.807) is 0 Å². The van der Waals surface area contributed by atoms with Gasteiger partial charge >= 0.3 is 0 Å². The SMILES string of the molecule is c1ccc(-c2c(-c3cccc(-c4c5ccccc5c(-c5cccc(-c6ccc7sc8ccccc8c7c6)c5)c5ccccc45)c3)ccc3ccccc23)cc1. The van der Waals surface area contributed by atoms with Crippen LogP contribution in [0, 0.1) is 0 Å². The van der Waals surface area contributed by atoms with Crippen molar-refractivity contribution in [1.29, 1.82) is 0 Å². The van der Waals surface area contributed by atoms with Gasteiger partial charge in [0.2, 0.25) is 0 Å². The van der Waals surface area contributed by atoms with E-state index in [9.17, 15) is 0 Å². The third-order valence-corrected chi connectivity index (χ3v) is 12.4. The van der Waals surface area contributed by atoms with Crippen LogP contribution in [-0.4, -0.2) is 0 Å². The molecule has 0 atom stereocenters. The van der Waals surface area contributed by atoms with E-state index in [1.165, 1.54) is 108 Å². The average Bonchev–Trinajstić information content (AvgIpc) is 3.63. The Balaban J connectivity index is 1.10. The quantitative estimate of drug-likeness (QED) is 0.156. The molecule has 1 heteroatoms. The number of rotatable bonds is 5. The molecule has 0 aliphatic rings. The minimum atomic E-state index is 1.21. The third kappa shape index (κ3) is 5.28. The molecule has 256 valence electrons. The molecule has 0 unspecified atom stereocenters. The van der Waals surface area contributed by atoms with Gasteiger partial charge < -0.3 is 0 Å². The van der Waals surface area contributed by atoms with Gasteiger partial charge in [-0.25, -0.2) is 0 Å². The summed E-state index contributed by atoms with van der Waals surface area (Å²) in [4.78, 5) is 0. The van der Waals surface area contributed by atoms with E-state index in [-0.39, 0.29) is 0 Å². The second-order valence-electron chi connectivity index (χ2n) is 14.4. The van der Waals surface area contributed by atoms with Gasteiger partial charge in [0.1, 0.15) is 0 Å². The lowest BCUT2D eigenvalue weighted by molar-refractivity contribution is 1.60. The molecular formula is C54H34S. The molecule has 11 aromatic rings. The minimum absolute atomic E-state index is 1.21. The number of thiophene rings is 1. The van der Waals surface area contributed by atoms with E-state index < -0.39 is 0 Å². The van der Waals surface area contributed by atoms with Crippen molar-refractivity contribution >= 4 is 63.8 Å². The van der Waals surface area contributed by atoms with E-state index in [4.69, 9.17) is 0 Å². The van der Waals surface area contributed by atoms with Crippen molar-refractivity contribution in [1.82, 2.24) is 0 Å². The zero-order valence-corrected chi connectivity index (χ0v) is 30.9. The highest BCUT2D eigenvalue weighted by molar-refractivity contribution is 7.25. The normalized spacial score (nSPS) is 11.6. The second-order valence-corrected chi connectivity index (χ2v) is 15.5. The lowest BCUT2D eigenvalue weighted by Crippen LogP contribution is -1.92. The highest BCUT2D eigenvalue weighted by Gasteiger charge is 2.19. The Morgan fingerprint density at radius 3 is 1.42 bits per heavy atom. The third-order valence-electron chi connectivity index (χ3n) is 11.2. The van der Waals surface area contributed by atoms with Gasteiger partial charge in [0.25, 0.3) is 0 Å². The van der Waals surface area contributed by atoms with Crippen molar-refractivity contribution in [2.45, 2.75) is 0 Å². The van der Waals surface area contributed by atoms with Crippen molar-refractivity contribution in [2.24, 2.45) is 0 Å². The molecule has 55 heavy (non-hydrogen) atoms. The zero-order chi connectivity index (χ0) is 36.3. The van der Waals surface area contributed by atoms with E-state index in [0.29, 0.717) is 0 Å². The van der Waals surface area contributed by atoms with Crippen molar-refractivity contribution in [3.05, 3.63) is 206 Å². The number of benzene rings is 10. The lowest BCUT2D eigenvalue weighted by Gasteiger charge is -2.19. The monoisotopic (exact) mass is 714 g/mol. The summed E-state index contributed by atoms with van der Waals surface area (Å²) in [6, 6.07) is 76.0. The summed E-state index contributed by atoms with van der Waals surface area (Å²) in [5.41, 5.74) is 12.4. The van der Waals surface area contributed by atoms with Gasteiger partial charge in [0.05, 0.1) is 0 Å². The first-order valence-corrected chi connectivity index (χ1v) is 19.7. The van der Waals surface area contributed by atoms with Crippen LogP contribution >= 0.6 is 11.3 Å².